The molecule has 0 aliphatic heterocycles. The molecule has 0 saturated carbocycles. The molecule has 1 aromatic carbocycles. The fraction of sp³-hybridized carbons (Fsp3) is 0. The van der Waals surface area contributed by atoms with E-state index in [2.05, 4.69) is 0 Å². The normalized spacial score (nSPS) is 11.0. The summed E-state index contributed by atoms with van der Waals surface area (Å²) in [4.78, 5) is 17.0. The highest BCUT2D eigenvalue weighted by atomic mass is 35.5. The van der Waals surface area contributed by atoms with Crippen molar-refractivity contribution in [2.75, 3.05) is 0 Å². The number of rotatable bonds is 3. The van der Waals surface area contributed by atoms with E-state index in [1.807, 2.05) is 53.1 Å². The van der Waals surface area contributed by atoms with Gasteiger partial charge in [-0.15, -0.1) is 0 Å². The van der Waals surface area contributed by atoms with Crippen LogP contribution in [0.1, 0.15) is 0 Å². The molecule has 3 aromatic heterocycles. The van der Waals surface area contributed by atoms with Gasteiger partial charge in [0.25, 0.3) is 0 Å². The zero-order valence-corrected chi connectivity index (χ0v) is 13.9. The molecule has 0 aliphatic carbocycles. The van der Waals surface area contributed by atoms with Crippen molar-refractivity contribution in [1.82, 2.24) is 9.38 Å². The number of hydrogen-bond donors (Lipinski definition) is 0. The van der Waals surface area contributed by atoms with Crippen molar-refractivity contribution in [2.24, 2.45) is 0 Å². The second kappa shape index (κ2) is 6.19. The zero-order chi connectivity index (χ0) is 16.5. The van der Waals surface area contributed by atoms with Gasteiger partial charge in [0.05, 0.1) is 6.26 Å². The number of nitrogens with zero attached hydrogens (tertiary/aromatic N) is 2. The fourth-order valence-electron chi connectivity index (χ4n) is 2.41. The third-order valence-corrected chi connectivity index (χ3v) is 4.82. The number of fused-ring (bicyclic) bond motifs is 1. The van der Waals surface area contributed by atoms with Gasteiger partial charge in [-0.1, -0.05) is 41.6 Å². The van der Waals surface area contributed by atoms with Crippen LogP contribution in [0.3, 0.4) is 0 Å². The Balaban J connectivity index is 1.90. The first-order valence-corrected chi connectivity index (χ1v) is 8.40. The monoisotopic (exact) mass is 354 g/mol. The smallest absolute Gasteiger partial charge is 0.336 e. The molecule has 0 atom stereocenters. The van der Waals surface area contributed by atoms with Gasteiger partial charge in [-0.2, -0.15) is 0 Å². The van der Waals surface area contributed by atoms with E-state index in [0.717, 1.165) is 26.8 Å². The van der Waals surface area contributed by atoms with Crippen molar-refractivity contribution in [3.63, 3.8) is 0 Å². The van der Waals surface area contributed by atoms with E-state index in [1.165, 1.54) is 24.1 Å². The van der Waals surface area contributed by atoms with Crippen LogP contribution in [-0.4, -0.2) is 9.38 Å². The van der Waals surface area contributed by atoms with E-state index < -0.39 is 0 Å². The first-order valence-electron chi connectivity index (χ1n) is 7.20. The minimum atomic E-state index is -0.373. The Morgan fingerprint density at radius 2 is 1.92 bits per heavy atom. The van der Waals surface area contributed by atoms with Gasteiger partial charge < -0.3 is 4.42 Å². The van der Waals surface area contributed by atoms with Crippen molar-refractivity contribution >= 4 is 29.0 Å². The van der Waals surface area contributed by atoms with Crippen molar-refractivity contribution in [3.05, 3.63) is 82.5 Å². The van der Waals surface area contributed by atoms with Crippen molar-refractivity contribution in [2.45, 2.75) is 9.92 Å². The largest absolute Gasteiger partial charge is 0.431 e. The second-order valence-corrected chi connectivity index (χ2v) is 6.59. The molecule has 24 heavy (non-hydrogen) atoms. The molecule has 0 aliphatic rings. The van der Waals surface area contributed by atoms with Crippen LogP contribution in [-0.2, 0) is 0 Å². The van der Waals surface area contributed by atoms with Crippen LogP contribution in [0.15, 0.2) is 86.2 Å². The van der Waals surface area contributed by atoms with E-state index in [0.29, 0.717) is 5.02 Å². The number of benzene rings is 1. The highest BCUT2D eigenvalue weighted by Crippen LogP contribution is 2.36. The SMILES string of the molecule is O=c1cc(Sc2c(-c3ccc(Cl)cc3)nc3ccccn23)cco1. The van der Waals surface area contributed by atoms with Gasteiger partial charge in [0, 0.05) is 27.7 Å². The first kappa shape index (κ1) is 15.1. The molecular formula is C18H11ClN2O2S. The van der Waals surface area contributed by atoms with Crippen LogP contribution in [0.5, 0.6) is 0 Å². The number of aromatic nitrogens is 2. The summed E-state index contributed by atoms with van der Waals surface area (Å²) in [5, 5.41) is 1.61. The molecule has 118 valence electrons. The number of imidazole rings is 1. The van der Waals surface area contributed by atoms with Crippen LogP contribution in [0.2, 0.25) is 5.02 Å². The molecule has 6 heteroatoms. The fourth-order valence-corrected chi connectivity index (χ4v) is 3.55. The van der Waals surface area contributed by atoms with E-state index in [-0.39, 0.29) is 5.63 Å². The lowest BCUT2D eigenvalue weighted by atomic mass is 10.2. The minimum Gasteiger partial charge on any atom is -0.431 e. The molecule has 0 unspecified atom stereocenters. The summed E-state index contributed by atoms with van der Waals surface area (Å²) >= 11 is 7.46. The summed E-state index contributed by atoms with van der Waals surface area (Å²) < 4.78 is 6.80. The second-order valence-electron chi connectivity index (χ2n) is 5.09. The number of halogens is 1. The lowest BCUT2D eigenvalue weighted by molar-refractivity contribution is 0.506. The maximum absolute atomic E-state index is 11.5. The molecule has 4 aromatic rings. The van der Waals surface area contributed by atoms with Gasteiger partial charge >= 0.3 is 5.63 Å². The molecule has 0 saturated heterocycles. The maximum atomic E-state index is 11.5. The predicted molar refractivity (Wildman–Crippen MR) is 94.7 cm³/mol. The third kappa shape index (κ3) is 2.84. The van der Waals surface area contributed by atoms with E-state index in [1.54, 1.807) is 6.07 Å². The van der Waals surface area contributed by atoms with E-state index >= 15 is 0 Å². The van der Waals surface area contributed by atoms with Crippen LogP contribution in [0.25, 0.3) is 16.9 Å². The average molecular weight is 355 g/mol. The molecule has 0 spiro atoms. The lowest BCUT2D eigenvalue weighted by Gasteiger charge is -2.05. The number of hydrogen-bond acceptors (Lipinski definition) is 4. The molecule has 0 bridgehead atoms. The maximum Gasteiger partial charge on any atom is 0.336 e. The predicted octanol–water partition coefficient (Wildman–Crippen LogP) is 4.76. The van der Waals surface area contributed by atoms with Gasteiger partial charge in [0.2, 0.25) is 0 Å². The van der Waals surface area contributed by atoms with Gasteiger partial charge in [0.15, 0.2) is 0 Å². The van der Waals surface area contributed by atoms with Crippen molar-refractivity contribution in [1.29, 1.82) is 0 Å². The Labute approximate surface area is 146 Å². The van der Waals surface area contributed by atoms with Gasteiger partial charge in [-0.05, 0) is 30.3 Å². The van der Waals surface area contributed by atoms with Crippen LogP contribution >= 0.6 is 23.4 Å². The summed E-state index contributed by atoms with van der Waals surface area (Å²) in [6.45, 7) is 0. The Kier molecular flexibility index (Phi) is 3.88. The Morgan fingerprint density at radius 1 is 1.08 bits per heavy atom. The topological polar surface area (TPSA) is 47.5 Å². The van der Waals surface area contributed by atoms with Crippen LogP contribution in [0, 0.1) is 0 Å². The van der Waals surface area contributed by atoms with E-state index in [4.69, 9.17) is 21.0 Å². The summed E-state index contributed by atoms with van der Waals surface area (Å²) in [5.41, 5.74) is 2.28. The van der Waals surface area contributed by atoms with Gasteiger partial charge in [0.1, 0.15) is 16.4 Å². The van der Waals surface area contributed by atoms with Crippen molar-refractivity contribution in [3.8, 4) is 11.3 Å². The molecule has 0 radical (unpaired) electrons. The molecule has 0 fully saturated rings. The quantitative estimate of drug-likeness (QED) is 0.532. The van der Waals surface area contributed by atoms with Gasteiger partial charge in [-0.25, -0.2) is 9.78 Å². The summed E-state index contributed by atoms with van der Waals surface area (Å²) in [5.74, 6) is 0. The van der Waals surface area contributed by atoms with Crippen LogP contribution < -0.4 is 5.63 Å². The zero-order valence-electron chi connectivity index (χ0n) is 12.3. The van der Waals surface area contributed by atoms with Gasteiger partial charge in [-0.3, -0.25) is 4.40 Å². The molecule has 4 nitrogen and oxygen atoms in total. The number of pyridine rings is 1. The minimum absolute atomic E-state index is 0.373. The lowest BCUT2D eigenvalue weighted by Crippen LogP contribution is -1.95. The van der Waals surface area contributed by atoms with Crippen molar-refractivity contribution < 1.29 is 4.42 Å². The summed E-state index contributed by atoms with van der Waals surface area (Å²) in [7, 11) is 0. The first-order chi connectivity index (χ1) is 11.7. The summed E-state index contributed by atoms with van der Waals surface area (Å²) in [6.07, 6.45) is 3.35. The summed E-state index contributed by atoms with van der Waals surface area (Å²) in [6, 6.07) is 16.6. The molecule has 0 amide bonds. The molecule has 4 rings (SSSR count). The Morgan fingerprint density at radius 3 is 2.71 bits per heavy atom. The standard InChI is InChI=1S/C18H11ClN2O2S/c19-13-6-4-12(5-7-13)17-18(21-9-2-1-3-15(21)20-17)24-14-8-10-23-16(22)11-14/h1-11H. The van der Waals surface area contributed by atoms with Crippen LogP contribution in [0.4, 0.5) is 0 Å². The Bertz CT molecular complexity index is 1070. The molecular weight excluding hydrogens is 344 g/mol. The van der Waals surface area contributed by atoms with E-state index in [9.17, 15) is 4.79 Å². The Hall–Kier alpha value is -2.50. The molecule has 3 heterocycles. The third-order valence-electron chi connectivity index (χ3n) is 3.49. The molecule has 0 N–H and O–H groups in total. The highest BCUT2D eigenvalue weighted by molar-refractivity contribution is 7.99. The average Bonchev–Trinajstić information content (AvgIpc) is 2.94. The highest BCUT2D eigenvalue weighted by Gasteiger charge is 2.15.